The van der Waals surface area contributed by atoms with Crippen LogP contribution < -0.4 is 15.5 Å². The van der Waals surface area contributed by atoms with E-state index in [1.165, 1.54) is 6.42 Å². The zero-order valence-electron chi connectivity index (χ0n) is 26.1. The number of ether oxygens (including phenoxy) is 1. The first-order valence-electron chi connectivity index (χ1n) is 15.2. The number of para-hydroxylation sites is 1. The first-order chi connectivity index (χ1) is 19.1. The van der Waals surface area contributed by atoms with Gasteiger partial charge in [-0.2, -0.15) is 5.06 Å². The van der Waals surface area contributed by atoms with Crippen molar-refractivity contribution >= 4 is 18.5 Å². The Hall–Kier alpha value is -1.69. The lowest BCUT2D eigenvalue weighted by molar-refractivity contribution is -0.183. The van der Waals surface area contributed by atoms with E-state index >= 15 is 0 Å². The number of rotatable bonds is 8. The Balaban J connectivity index is 1.40. The zero-order valence-corrected chi connectivity index (χ0v) is 26.1. The summed E-state index contributed by atoms with van der Waals surface area (Å²) < 4.78 is 18.5. The summed E-state index contributed by atoms with van der Waals surface area (Å²) in [5.74, 6) is 1.38. The van der Waals surface area contributed by atoms with Crippen molar-refractivity contribution in [3.05, 3.63) is 23.8 Å². The molecule has 0 aromatic heterocycles. The van der Waals surface area contributed by atoms with Crippen molar-refractivity contribution in [3.63, 3.8) is 0 Å². The summed E-state index contributed by atoms with van der Waals surface area (Å²) >= 11 is 0. The van der Waals surface area contributed by atoms with Gasteiger partial charge in [0, 0.05) is 23.0 Å². The fraction of sp³-hybridized carbons (Fsp3) is 0.774. The number of hydrogen-bond acceptors (Lipinski definition) is 8. The molecule has 1 aromatic rings. The molecule has 5 fully saturated rings. The maximum absolute atomic E-state index is 14.0. The lowest BCUT2D eigenvalue weighted by Gasteiger charge is -2.62. The molecule has 3 aliphatic carbocycles. The predicted octanol–water partition coefficient (Wildman–Crippen LogP) is 2.66. The molecule has 0 spiro atoms. The highest BCUT2D eigenvalue weighted by Crippen LogP contribution is 2.61. The highest BCUT2D eigenvalue weighted by atomic mass is 16.7. The monoisotopic (exact) mass is 572 g/mol. The average Bonchev–Trinajstić information content (AvgIpc) is 3.37. The van der Waals surface area contributed by atoms with E-state index in [-0.39, 0.29) is 25.1 Å². The quantitative estimate of drug-likeness (QED) is 0.408. The van der Waals surface area contributed by atoms with Crippen molar-refractivity contribution in [2.75, 3.05) is 13.7 Å². The topological polar surface area (TPSA) is 110 Å². The summed E-state index contributed by atoms with van der Waals surface area (Å²) in [6, 6.07) is 5.05. The molecule has 0 unspecified atom stereocenters. The smallest absolute Gasteiger partial charge is 0.497 e. The fourth-order valence-corrected chi connectivity index (χ4v) is 7.79. The van der Waals surface area contributed by atoms with Crippen LogP contribution in [0.15, 0.2) is 18.2 Å². The first kappa shape index (κ1) is 30.8. The zero-order chi connectivity index (χ0) is 30.1. The van der Waals surface area contributed by atoms with Gasteiger partial charge in [0.05, 0.1) is 37.6 Å². The van der Waals surface area contributed by atoms with E-state index < -0.39 is 42.5 Å². The molecule has 9 nitrogen and oxygen atoms in total. The fourth-order valence-electron chi connectivity index (χ4n) is 7.79. The third-order valence-corrected chi connectivity index (χ3v) is 11.2. The summed E-state index contributed by atoms with van der Waals surface area (Å²) in [6.45, 7) is 16.5. The number of nitrogens with zero attached hydrogens (tertiary/aromatic N) is 1. The number of nitrogens with one attached hydrogen (secondary N) is 1. The highest BCUT2D eigenvalue weighted by molar-refractivity contribution is 6.63. The molecule has 2 bridgehead atoms. The van der Waals surface area contributed by atoms with Crippen LogP contribution in [0, 0.1) is 29.1 Å². The Kier molecular flexibility index (Phi) is 8.10. The molecule has 8 atom stereocenters. The Morgan fingerprint density at radius 2 is 1.83 bits per heavy atom. The van der Waals surface area contributed by atoms with Crippen LogP contribution in [0.4, 0.5) is 0 Å². The third kappa shape index (κ3) is 5.12. The summed E-state index contributed by atoms with van der Waals surface area (Å²) in [7, 11) is 0.988. The number of hydroxylamine groups is 2. The summed E-state index contributed by atoms with van der Waals surface area (Å²) in [5, 5.41) is 25.9. The van der Waals surface area contributed by atoms with Crippen molar-refractivity contribution in [2.24, 2.45) is 29.1 Å². The molecule has 0 radical (unpaired) electrons. The number of benzene rings is 1. The van der Waals surface area contributed by atoms with Gasteiger partial charge in [0.1, 0.15) is 17.9 Å². The summed E-state index contributed by atoms with van der Waals surface area (Å²) in [6.07, 6.45) is 0.610. The number of carbonyl (C=O) groups excluding carboxylic acids is 1. The summed E-state index contributed by atoms with van der Waals surface area (Å²) in [4.78, 5) is 20.2. The van der Waals surface area contributed by atoms with Crippen molar-refractivity contribution in [3.8, 4) is 5.75 Å². The first-order valence-corrected chi connectivity index (χ1v) is 15.2. The molecule has 5 aliphatic rings. The predicted molar refractivity (Wildman–Crippen MR) is 156 cm³/mol. The van der Waals surface area contributed by atoms with E-state index in [1.807, 2.05) is 45.9 Å². The van der Waals surface area contributed by atoms with Crippen molar-refractivity contribution in [2.45, 2.75) is 110 Å². The molecule has 6 rings (SSSR count). The van der Waals surface area contributed by atoms with Gasteiger partial charge in [-0.1, -0.05) is 39.0 Å². The lowest BCUT2D eigenvalue weighted by Crippen LogP contribution is -2.62. The Labute approximate surface area is 245 Å². The molecule has 3 N–H and O–H groups in total. The van der Waals surface area contributed by atoms with Crippen LogP contribution in [0.25, 0.3) is 0 Å². The van der Waals surface area contributed by atoms with Crippen molar-refractivity contribution < 1.29 is 33.9 Å². The lowest BCUT2D eigenvalue weighted by atomic mass is 9.45. The van der Waals surface area contributed by atoms with Crippen LogP contribution in [0.3, 0.4) is 0 Å². The Morgan fingerprint density at radius 3 is 2.37 bits per heavy atom. The van der Waals surface area contributed by atoms with E-state index in [0.717, 1.165) is 17.4 Å². The van der Waals surface area contributed by atoms with Crippen molar-refractivity contribution in [1.29, 1.82) is 0 Å². The number of aliphatic hydroxyl groups is 2. The van der Waals surface area contributed by atoms with E-state index in [1.54, 1.807) is 19.1 Å². The molecule has 228 valence electrons. The number of methoxy groups -OCH3 is 1. The van der Waals surface area contributed by atoms with E-state index in [0.29, 0.717) is 28.9 Å². The Morgan fingerprint density at radius 1 is 1.17 bits per heavy atom. The van der Waals surface area contributed by atoms with Gasteiger partial charge in [0.15, 0.2) is 0 Å². The maximum atomic E-state index is 14.0. The molecule has 10 heteroatoms. The summed E-state index contributed by atoms with van der Waals surface area (Å²) in [5.41, 5.74) is 0.837. The second-order valence-corrected chi connectivity index (χ2v) is 14.4. The minimum atomic E-state index is -0.859. The second kappa shape index (κ2) is 10.8. The van der Waals surface area contributed by atoms with Gasteiger partial charge >= 0.3 is 7.12 Å². The maximum Gasteiger partial charge on any atom is 0.498 e. The minimum absolute atomic E-state index is 0.0742. The van der Waals surface area contributed by atoms with Gasteiger partial charge in [0.25, 0.3) is 0 Å². The SMILES string of the molecule is COc1c(CN2O[C@@H](CO)[C@@H]([C@H](C)O)[C@H]2C(=O)N[C@H]2C[C@@H]3C[C@H]([C@@H]2C)C3(C)C)cccc1B1OC(C)(C)C(C)(C)O1. The third-order valence-electron chi connectivity index (χ3n) is 11.2. The van der Waals surface area contributed by atoms with Crippen LogP contribution in [-0.2, 0) is 25.5 Å². The van der Waals surface area contributed by atoms with Gasteiger partial charge < -0.3 is 29.6 Å². The molecule has 2 heterocycles. The number of aliphatic hydroxyl groups excluding tert-OH is 2. The molecule has 1 amide bonds. The Bertz CT molecular complexity index is 1130. The van der Waals surface area contributed by atoms with Gasteiger partial charge in [-0.05, 0) is 70.6 Å². The van der Waals surface area contributed by atoms with E-state index in [4.69, 9.17) is 18.9 Å². The number of amides is 1. The number of hydrogen-bond donors (Lipinski definition) is 3. The number of fused-ring (bicyclic) bond motifs is 2. The standard InChI is InChI=1S/C31H49BN2O7/c1-17-21-13-20(29(21,3)4)14-23(17)33-28(37)26-25(18(2)36)24(16-35)39-34(26)15-19-11-10-12-22(27(19)38-9)32-40-30(5,6)31(7,8)41-32/h10-12,17-18,20-21,23-26,35-36H,13-16H2,1-9H3,(H,33,37)/t17-,18-,20-,21+,23-,24-,25+,26-/m0/s1. The molecule has 41 heavy (non-hydrogen) atoms. The molecule has 2 aliphatic heterocycles. The van der Waals surface area contributed by atoms with Crippen molar-refractivity contribution in [1.82, 2.24) is 10.4 Å². The highest BCUT2D eigenvalue weighted by Gasteiger charge is 2.58. The van der Waals surface area contributed by atoms with Crippen LogP contribution >= 0.6 is 0 Å². The number of carbonyl (C=O) groups is 1. The molecular formula is C31H49BN2O7. The van der Waals surface area contributed by atoms with Crippen LogP contribution in [0.2, 0.25) is 0 Å². The van der Waals surface area contributed by atoms with E-state index in [9.17, 15) is 15.0 Å². The van der Waals surface area contributed by atoms with Crippen LogP contribution in [0.5, 0.6) is 5.75 Å². The molecule has 1 aromatic carbocycles. The van der Waals surface area contributed by atoms with E-state index in [2.05, 4.69) is 26.1 Å². The molecular weight excluding hydrogens is 523 g/mol. The largest absolute Gasteiger partial charge is 0.498 e. The normalized spacial score (nSPS) is 36.1. The average molecular weight is 573 g/mol. The van der Waals surface area contributed by atoms with Gasteiger partial charge in [-0.3, -0.25) is 9.63 Å². The second-order valence-electron chi connectivity index (χ2n) is 14.4. The van der Waals surface area contributed by atoms with Gasteiger partial charge in [-0.25, -0.2) is 0 Å². The van der Waals surface area contributed by atoms with Crippen LogP contribution in [-0.4, -0.2) is 77.5 Å². The molecule has 2 saturated heterocycles. The minimum Gasteiger partial charge on any atom is -0.497 e. The van der Waals surface area contributed by atoms with Crippen LogP contribution in [0.1, 0.15) is 73.8 Å². The van der Waals surface area contributed by atoms with Gasteiger partial charge in [0.2, 0.25) is 5.91 Å². The molecule has 3 saturated carbocycles. The van der Waals surface area contributed by atoms with Gasteiger partial charge in [-0.15, -0.1) is 0 Å².